The number of carbonyl (C=O) groups excluding carboxylic acids is 1. The van der Waals surface area contributed by atoms with E-state index in [2.05, 4.69) is 0 Å². The SMILES string of the molecule is CC(C)(C)C(=O)CC1CCC2(CCCCC2)O1. The second-order valence-corrected chi connectivity index (χ2v) is 6.90. The topological polar surface area (TPSA) is 26.3 Å². The predicted molar refractivity (Wildman–Crippen MR) is 69.0 cm³/mol. The lowest BCUT2D eigenvalue weighted by Gasteiger charge is -2.33. The van der Waals surface area contributed by atoms with Crippen molar-refractivity contribution < 1.29 is 9.53 Å². The van der Waals surface area contributed by atoms with E-state index in [0.717, 1.165) is 6.42 Å². The van der Waals surface area contributed by atoms with Crippen LogP contribution in [0.3, 0.4) is 0 Å². The van der Waals surface area contributed by atoms with Gasteiger partial charge in [0.05, 0.1) is 11.7 Å². The molecule has 1 aliphatic heterocycles. The first kappa shape index (κ1) is 13.1. The Bertz CT molecular complexity index is 282. The highest BCUT2D eigenvalue weighted by Gasteiger charge is 2.41. The monoisotopic (exact) mass is 238 g/mol. The molecule has 1 unspecified atom stereocenters. The Morgan fingerprint density at radius 1 is 1.18 bits per heavy atom. The minimum absolute atomic E-state index is 0.154. The first-order valence-electron chi connectivity index (χ1n) is 7.12. The van der Waals surface area contributed by atoms with Crippen molar-refractivity contribution in [3.63, 3.8) is 0 Å². The number of hydrogen-bond donors (Lipinski definition) is 0. The van der Waals surface area contributed by atoms with E-state index < -0.39 is 0 Å². The highest BCUT2D eigenvalue weighted by atomic mass is 16.5. The molecule has 1 aliphatic carbocycles. The molecule has 1 heterocycles. The third-order valence-corrected chi connectivity index (χ3v) is 4.35. The number of ether oxygens (including phenoxy) is 1. The second-order valence-electron chi connectivity index (χ2n) is 6.90. The van der Waals surface area contributed by atoms with E-state index >= 15 is 0 Å². The smallest absolute Gasteiger partial charge is 0.140 e. The number of Topliss-reactive ketones (excluding diaryl/α,β-unsaturated/α-hetero) is 1. The maximum Gasteiger partial charge on any atom is 0.140 e. The summed E-state index contributed by atoms with van der Waals surface area (Å²) in [6, 6.07) is 0. The first-order chi connectivity index (χ1) is 7.91. The Hall–Kier alpha value is -0.370. The minimum atomic E-state index is -0.217. The number of ketones is 1. The van der Waals surface area contributed by atoms with Crippen LogP contribution in [0.5, 0.6) is 0 Å². The van der Waals surface area contributed by atoms with E-state index in [-0.39, 0.29) is 17.1 Å². The van der Waals surface area contributed by atoms with Gasteiger partial charge in [0.25, 0.3) is 0 Å². The lowest BCUT2D eigenvalue weighted by atomic mass is 9.82. The lowest BCUT2D eigenvalue weighted by Crippen LogP contribution is -2.33. The fraction of sp³-hybridized carbons (Fsp3) is 0.933. The minimum Gasteiger partial charge on any atom is -0.371 e. The van der Waals surface area contributed by atoms with Crippen LogP contribution in [0, 0.1) is 5.41 Å². The molecule has 0 N–H and O–H groups in total. The molecule has 98 valence electrons. The summed E-state index contributed by atoms with van der Waals surface area (Å²) in [6.07, 6.45) is 9.47. The van der Waals surface area contributed by atoms with E-state index in [1.165, 1.54) is 38.5 Å². The van der Waals surface area contributed by atoms with E-state index in [1.54, 1.807) is 0 Å². The summed E-state index contributed by atoms with van der Waals surface area (Å²) >= 11 is 0. The van der Waals surface area contributed by atoms with Crippen molar-refractivity contribution in [3.05, 3.63) is 0 Å². The van der Waals surface area contributed by atoms with Crippen molar-refractivity contribution in [2.45, 2.75) is 83.8 Å². The van der Waals surface area contributed by atoms with Gasteiger partial charge in [0, 0.05) is 11.8 Å². The highest BCUT2D eigenvalue weighted by molar-refractivity contribution is 5.84. The lowest BCUT2D eigenvalue weighted by molar-refractivity contribution is -0.131. The number of rotatable bonds is 2. The van der Waals surface area contributed by atoms with Gasteiger partial charge in [-0.15, -0.1) is 0 Å². The van der Waals surface area contributed by atoms with Crippen LogP contribution in [-0.2, 0) is 9.53 Å². The van der Waals surface area contributed by atoms with Gasteiger partial charge >= 0.3 is 0 Å². The summed E-state index contributed by atoms with van der Waals surface area (Å²) in [5.41, 5.74) is -0.0627. The normalized spacial score (nSPS) is 28.5. The van der Waals surface area contributed by atoms with Gasteiger partial charge in [-0.05, 0) is 25.7 Å². The molecule has 2 nitrogen and oxygen atoms in total. The average molecular weight is 238 g/mol. The van der Waals surface area contributed by atoms with Gasteiger partial charge < -0.3 is 4.74 Å². The maximum atomic E-state index is 12.0. The molecule has 1 saturated carbocycles. The first-order valence-corrected chi connectivity index (χ1v) is 7.12. The van der Waals surface area contributed by atoms with Crippen molar-refractivity contribution in [1.29, 1.82) is 0 Å². The zero-order chi connectivity index (χ0) is 12.5. The van der Waals surface area contributed by atoms with Crippen LogP contribution in [-0.4, -0.2) is 17.5 Å². The van der Waals surface area contributed by atoms with Crippen molar-refractivity contribution >= 4 is 5.78 Å². The van der Waals surface area contributed by atoms with Gasteiger partial charge in [-0.2, -0.15) is 0 Å². The maximum absolute atomic E-state index is 12.0. The summed E-state index contributed by atoms with van der Waals surface area (Å²) in [6.45, 7) is 6.00. The molecule has 0 aromatic rings. The molecule has 2 rings (SSSR count). The van der Waals surface area contributed by atoms with Crippen LogP contribution in [0.1, 0.15) is 72.1 Å². The molecule has 17 heavy (non-hydrogen) atoms. The summed E-state index contributed by atoms with van der Waals surface area (Å²) in [5.74, 6) is 0.343. The van der Waals surface area contributed by atoms with E-state index in [9.17, 15) is 4.79 Å². The molecule has 1 saturated heterocycles. The molecular weight excluding hydrogens is 212 g/mol. The molecule has 0 aromatic carbocycles. The Kier molecular flexibility index (Phi) is 3.63. The molecule has 0 amide bonds. The molecule has 0 aromatic heterocycles. The van der Waals surface area contributed by atoms with Crippen molar-refractivity contribution in [2.24, 2.45) is 5.41 Å². The van der Waals surface area contributed by atoms with Crippen molar-refractivity contribution in [1.82, 2.24) is 0 Å². The zero-order valence-electron chi connectivity index (χ0n) is 11.6. The Balaban J connectivity index is 1.87. The van der Waals surface area contributed by atoms with Crippen LogP contribution in [0.25, 0.3) is 0 Å². The molecule has 2 fully saturated rings. The molecule has 2 heteroatoms. The standard InChI is InChI=1S/C15H26O2/c1-14(2,3)13(16)11-12-7-10-15(17-12)8-5-4-6-9-15/h12H,4-11H2,1-3H3. The van der Waals surface area contributed by atoms with Crippen LogP contribution < -0.4 is 0 Å². The Labute approximate surface area is 105 Å². The summed E-state index contributed by atoms with van der Waals surface area (Å²) in [4.78, 5) is 12.0. The summed E-state index contributed by atoms with van der Waals surface area (Å²) in [7, 11) is 0. The van der Waals surface area contributed by atoms with Crippen molar-refractivity contribution in [2.75, 3.05) is 0 Å². The van der Waals surface area contributed by atoms with Crippen LogP contribution in [0.4, 0.5) is 0 Å². The molecule has 1 atom stereocenters. The molecule has 1 spiro atoms. The van der Waals surface area contributed by atoms with Gasteiger partial charge in [-0.3, -0.25) is 4.79 Å². The number of carbonyl (C=O) groups is 1. The summed E-state index contributed by atoms with van der Waals surface area (Å²) < 4.78 is 6.23. The second kappa shape index (κ2) is 4.72. The Morgan fingerprint density at radius 2 is 1.82 bits per heavy atom. The van der Waals surface area contributed by atoms with Gasteiger partial charge in [-0.1, -0.05) is 40.0 Å². The van der Waals surface area contributed by atoms with Crippen LogP contribution in [0.15, 0.2) is 0 Å². The summed E-state index contributed by atoms with van der Waals surface area (Å²) in [5, 5.41) is 0. The molecule has 0 radical (unpaired) electrons. The van der Waals surface area contributed by atoms with Crippen LogP contribution >= 0.6 is 0 Å². The third-order valence-electron chi connectivity index (χ3n) is 4.35. The van der Waals surface area contributed by atoms with Crippen LogP contribution in [0.2, 0.25) is 0 Å². The van der Waals surface area contributed by atoms with Gasteiger partial charge in [0.15, 0.2) is 0 Å². The van der Waals surface area contributed by atoms with Crippen molar-refractivity contribution in [3.8, 4) is 0 Å². The average Bonchev–Trinajstić information content (AvgIpc) is 2.61. The molecular formula is C15H26O2. The predicted octanol–water partition coefficient (Wildman–Crippen LogP) is 3.87. The largest absolute Gasteiger partial charge is 0.371 e. The fourth-order valence-corrected chi connectivity index (χ4v) is 3.12. The highest BCUT2D eigenvalue weighted by Crippen LogP contribution is 2.43. The number of hydrogen-bond acceptors (Lipinski definition) is 2. The third kappa shape index (κ3) is 3.09. The van der Waals surface area contributed by atoms with E-state index in [0.29, 0.717) is 12.2 Å². The van der Waals surface area contributed by atoms with Gasteiger partial charge in [0.2, 0.25) is 0 Å². The van der Waals surface area contributed by atoms with E-state index in [4.69, 9.17) is 4.74 Å². The van der Waals surface area contributed by atoms with Gasteiger partial charge in [-0.25, -0.2) is 0 Å². The molecule has 2 aliphatic rings. The van der Waals surface area contributed by atoms with Gasteiger partial charge in [0.1, 0.15) is 5.78 Å². The molecule has 0 bridgehead atoms. The van der Waals surface area contributed by atoms with E-state index in [1.807, 2.05) is 20.8 Å². The fourth-order valence-electron chi connectivity index (χ4n) is 3.12. The quantitative estimate of drug-likeness (QED) is 0.730. The zero-order valence-corrected chi connectivity index (χ0v) is 11.6. The Morgan fingerprint density at radius 3 is 2.41 bits per heavy atom.